The molecule has 1 unspecified atom stereocenters. The summed E-state index contributed by atoms with van der Waals surface area (Å²) < 4.78 is 17.8. The lowest BCUT2D eigenvalue weighted by Crippen LogP contribution is -2.60. The van der Waals surface area contributed by atoms with Gasteiger partial charge in [0, 0.05) is 49.2 Å². The van der Waals surface area contributed by atoms with E-state index >= 15 is 4.79 Å². The number of piperazine rings is 1. The monoisotopic (exact) mass is 694 g/mol. The smallest absolute Gasteiger partial charge is 0.326 e. The van der Waals surface area contributed by atoms with Crippen LogP contribution in [-0.2, 0) is 22.3 Å². The molecule has 2 aliphatic heterocycles. The molecule has 0 N–H and O–H groups in total. The quantitative estimate of drug-likeness (QED) is 0.204. The van der Waals surface area contributed by atoms with E-state index in [1.165, 1.54) is 5.56 Å². The molecule has 3 aliphatic rings. The van der Waals surface area contributed by atoms with E-state index in [0.717, 1.165) is 55.6 Å². The van der Waals surface area contributed by atoms with E-state index in [4.69, 9.17) is 32.9 Å². The lowest BCUT2D eigenvalue weighted by molar-refractivity contribution is 0.0868. The number of carbonyl (C=O) groups is 1. The predicted molar refractivity (Wildman–Crippen MR) is 193 cm³/mol. The second-order valence-corrected chi connectivity index (χ2v) is 15.6. The van der Waals surface area contributed by atoms with Crippen molar-refractivity contribution in [3.63, 3.8) is 0 Å². The number of aliphatic imine (C=N–C) groups is 1. The van der Waals surface area contributed by atoms with E-state index < -0.39 is 22.3 Å². The summed E-state index contributed by atoms with van der Waals surface area (Å²) in [6, 6.07) is 21.9. The van der Waals surface area contributed by atoms with E-state index in [-0.39, 0.29) is 6.03 Å². The Bertz CT molecular complexity index is 1610. The Morgan fingerprint density at radius 3 is 2.15 bits per heavy atom. The van der Waals surface area contributed by atoms with Crippen LogP contribution < -0.4 is 4.74 Å². The SMILES string of the molecule is CCOc1ccc(C2CC2)cc1C1=N[C@@](C)(c2ccc(Cl)cc2)[C@@](C)(c2ccc(Cl)cc2)N1C(=O)N1CCN(CCC[S+](C)[O-])CC1. The zero-order valence-corrected chi connectivity index (χ0v) is 30.0. The average molecular weight is 696 g/mol. The minimum absolute atomic E-state index is 0.0903. The van der Waals surface area contributed by atoms with E-state index in [0.29, 0.717) is 53.0 Å². The number of halogens is 2. The second-order valence-electron chi connectivity index (χ2n) is 13.1. The third-order valence-corrected chi connectivity index (χ3v) is 11.4. The van der Waals surface area contributed by atoms with E-state index in [1.54, 1.807) is 6.26 Å². The van der Waals surface area contributed by atoms with E-state index in [2.05, 4.69) is 30.9 Å². The highest BCUT2D eigenvalue weighted by atomic mass is 35.5. The fourth-order valence-electron chi connectivity index (χ4n) is 7.04. The maximum atomic E-state index is 15.1. The minimum atomic E-state index is -0.945. The van der Waals surface area contributed by atoms with Crippen molar-refractivity contribution >= 4 is 46.2 Å². The highest BCUT2D eigenvalue weighted by Gasteiger charge is 2.60. The Balaban J connectivity index is 1.48. The first-order valence-electron chi connectivity index (χ1n) is 16.6. The first kappa shape index (κ1) is 34.1. The van der Waals surface area contributed by atoms with Crippen molar-refractivity contribution in [1.82, 2.24) is 14.7 Å². The molecule has 6 rings (SSSR count). The average Bonchev–Trinajstić information content (AvgIpc) is 3.88. The van der Waals surface area contributed by atoms with Crippen molar-refractivity contribution in [2.75, 3.05) is 51.3 Å². The van der Waals surface area contributed by atoms with Crippen LogP contribution in [0.2, 0.25) is 10.0 Å². The molecule has 7 nitrogen and oxygen atoms in total. The number of hydrogen-bond donors (Lipinski definition) is 0. The van der Waals surface area contributed by atoms with Gasteiger partial charge in [0.15, 0.2) is 0 Å². The number of nitrogens with zero attached hydrogens (tertiary/aromatic N) is 4. The molecule has 0 radical (unpaired) electrons. The molecule has 0 bridgehead atoms. The summed E-state index contributed by atoms with van der Waals surface area (Å²) in [6.45, 7) is 10.3. The van der Waals surface area contributed by atoms with Gasteiger partial charge in [0.2, 0.25) is 0 Å². The van der Waals surface area contributed by atoms with Crippen LogP contribution in [0.15, 0.2) is 71.7 Å². The largest absolute Gasteiger partial charge is 0.617 e. The molecular formula is C37H44Cl2N4O3S. The van der Waals surface area contributed by atoms with Gasteiger partial charge in [-0.3, -0.25) is 14.8 Å². The zero-order chi connectivity index (χ0) is 33.3. The van der Waals surface area contributed by atoms with Crippen LogP contribution in [0.25, 0.3) is 0 Å². The number of amides is 2. The molecule has 47 heavy (non-hydrogen) atoms. The number of ether oxygens (including phenoxy) is 1. The normalized spacial score (nSPS) is 23.9. The molecule has 1 saturated heterocycles. The van der Waals surface area contributed by atoms with Crippen molar-refractivity contribution in [1.29, 1.82) is 0 Å². The summed E-state index contributed by atoms with van der Waals surface area (Å²) in [4.78, 5) is 27.0. The second kappa shape index (κ2) is 14.0. The van der Waals surface area contributed by atoms with Gasteiger partial charge < -0.3 is 14.2 Å². The molecule has 1 aliphatic carbocycles. The Morgan fingerprint density at radius 2 is 1.57 bits per heavy atom. The molecule has 2 heterocycles. The van der Waals surface area contributed by atoms with Gasteiger partial charge in [-0.15, -0.1) is 0 Å². The lowest BCUT2D eigenvalue weighted by atomic mass is 9.71. The fraction of sp³-hybridized carbons (Fsp3) is 0.459. The summed E-state index contributed by atoms with van der Waals surface area (Å²) in [6.07, 6.45) is 4.95. The molecule has 1 saturated carbocycles. The Labute approximate surface area is 292 Å². The van der Waals surface area contributed by atoms with Gasteiger partial charge in [0.25, 0.3) is 0 Å². The number of amidine groups is 1. The molecule has 250 valence electrons. The Morgan fingerprint density at radius 1 is 0.957 bits per heavy atom. The van der Waals surface area contributed by atoms with Crippen molar-refractivity contribution < 1.29 is 14.1 Å². The van der Waals surface area contributed by atoms with Gasteiger partial charge in [0.05, 0.1) is 18.4 Å². The van der Waals surface area contributed by atoms with Crippen molar-refractivity contribution in [2.24, 2.45) is 4.99 Å². The molecule has 3 atom stereocenters. The van der Waals surface area contributed by atoms with Gasteiger partial charge >= 0.3 is 6.03 Å². The molecule has 2 fully saturated rings. The first-order chi connectivity index (χ1) is 22.5. The fourth-order valence-corrected chi connectivity index (χ4v) is 7.82. The maximum absolute atomic E-state index is 15.1. The third-order valence-electron chi connectivity index (χ3n) is 10.1. The summed E-state index contributed by atoms with van der Waals surface area (Å²) >= 11 is 12.0. The van der Waals surface area contributed by atoms with Crippen LogP contribution in [0.4, 0.5) is 4.79 Å². The molecule has 10 heteroatoms. The van der Waals surface area contributed by atoms with Gasteiger partial charge in [-0.05, 0) is 92.6 Å². The van der Waals surface area contributed by atoms with Gasteiger partial charge in [-0.25, -0.2) is 4.79 Å². The molecular weight excluding hydrogens is 651 g/mol. The van der Waals surface area contributed by atoms with Gasteiger partial charge in [0.1, 0.15) is 28.4 Å². The number of benzene rings is 3. The van der Waals surface area contributed by atoms with Crippen molar-refractivity contribution in [3.05, 3.63) is 99.0 Å². The number of carbonyl (C=O) groups excluding carboxylic acids is 1. The van der Waals surface area contributed by atoms with Crippen LogP contribution in [0.1, 0.15) is 68.2 Å². The highest BCUT2D eigenvalue weighted by Crippen LogP contribution is 2.54. The number of hydrogen-bond acceptors (Lipinski definition) is 5. The van der Waals surface area contributed by atoms with Crippen LogP contribution in [0.5, 0.6) is 5.75 Å². The summed E-state index contributed by atoms with van der Waals surface area (Å²) in [5, 5.41) is 1.26. The van der Waals surface area contributed by atoms with E-state index in [1.807, 2.05) is 71.3 Å². The van der Waals surface area contributed by atoms with Crippen LogP contribution in [0, 0.1) is 0 Å². The predicted octanol–water partition coefficient (Wildman–Crippen LogP) is 7.67. The van der Waals surface area contributed by atoms with E-state index in [9.17, 15) is 4.55 Å². The van der Waals surface area contributed by atoms with Crippen molar-refractivity contribution in [3.8, 4) is 5.75 Å². The molecule has 0 aromatic heterocycles. The number of urea groups is 1. The minimum Gasteiger partial charge on any atom is -0.617 e. The first-order valence-corrected chi connectivity index (χ1v) is 19.0. The summed E-state index contributed by atoms with van der Waals surface area (Å²) in [5.41, 5.74) is 2.10. The number of rotatable bonds is 10. The van der Waals surface area contributed by atoms with Crippen LogP contribution in [-0.4, -0.2) is 82.5 Å². The zero-order valence-electron chi connectivity index (χ0n) is 27.7. The summed E-state index contributed by atoms with van der Waals surface area (Å²) in [7, 11) is 0. The molecule has 3 aromatic rings. The van der Waals surface area contributed by atoms with Crippen LogP contribution in [0.3, 0.4) is 0 Å². The lowest BCUT2D eigenvalue weighted by Gasteiger charge is -2.47. The topological polar surface area (TPSA) is 71.4 Å². The Kier molecular flexibility index (Phi) is 10.2. The summed E-state index contributed by atoms with van der Waals surface area (Å²) in [5.74, 6) is 2.52. The van der Waals surface area contributed by atoms with Gasteiger partial charge in [-0.2, -0.15) is 0 Å². The van der Waals surface area contributed by atoms with Crippen LogP contribution >= 0.6 is 23.2 Å². The highest BCUT2D eigenvalue weighted by molar-refractivity contribution is 7.90. The van der Waals surface area contributed by atoms with Crippen molar-refractivity contribution in [2.45, 2.75) is 57.0 Å². The standard InChI is InChI=1S/C37H44Cl2N4O3S/c1-5-46-33-18-9-27(26-7-8-26)25-32(33)34-40-36(2,28-10-14-30(38)15-11-28)37(3,29-12-16-31(39)17-13-29)43(34)35(44)42-22-20-41(21-23-42)19-6-24-47(4)45/h9-18,25-26H,5-8,19-24H2,1-4H3/t36-,37+,47?/m0/s1. The maximum Gasteiger partial charge on any atom is 0.326 e. The molecule has 3 aromatic carbocycles. The van der Waals surface area contributed by atoms with Gasteiger partial charge in [-0.1, -0.05) is 64.7 Å². The Hall–Kier alpha value is -2.75. The molecule has 0 spiro atoms. The molecule has 2 amide bonds. The third kappa shape index (κ3) is 6.77.